The van der Waals surface area contributed by atoms with Gasteiger partial charge in [0.15, 0.2) is 0 Å². The predicted molar refractivity (Wildman–Crippen MR) is 75.2 cm³/mol. The smallest absolute Gasteiger partial charge is 0.335 e. The summed E-state index contributed by atoms with van der Waals surface area (Å²) < 4.78 is 0. The van der Waals surface area contributed by atoms with Gasteiger partial charge in [-0.05, 0) is 36.2 Å². The summed E-state index contributed by atoms with van der Waals surface area (Å²) in [6.07, 6.45) is 0.777. The number of amides is 1. The van der Waals surface area contributed by atoms with Crippen LogP contribution in [0.5, 0.6) is 0 Å². The molecule has 0 spiro atoms. The summed E-state index contributed by atoms with van der Waals surface area (Å²) in [4.78, 5) is 25.1. The van der Waals surface area contributed by atoms with E-state index >= 15 is 0 Å². The second kappa shape index (κ2) is 4.81. The number of aromatic carboxylic acids is 1. The van der Waals surface area contributed by atoms with Gasteiger partial charge < -0.3 is 10.0 Å². The molecule has 0 fully saturated rings. The summed E-state index contributed by atoms with van der Waals surface area (Å²) in [5, 5.41) is 9.03. The first-order chi connectivity index (χ1) is 9.66. The SMILES string of the molecule is O=C(O)c1cccc(N2CCc3ccccc3C2=O)c1. The van der Waals surface area contributed by atoms with Crippen molar-refractivity contribution in [3.63, 3.8) is 0 Å². The second-order valence-corrected chi connectivity index (χ2v) is 4.72. The summed E-state index contributed by atoms with van der Waals surface area (Å²) in [7, 11) is 0. The van der Waals surface area contributed by atoms with Gasteiger partial charge in [-0.25, -0.2) is 4.79 Å². The number of rotatable bonds is 2. The highest BCUT2D eigenvalue weighted by molar-refractivity contribution is 6.08. The van der Waals surface area contributed by atoms with Crippen LogP contribution >= 0.6 is 0 Å². The van der Waals surface area contributed by atoms with E-state index in [0.717, 1.165) is 12.0 Å². The lowest BCUT2D eigenvalue weighted by Crippen LogP contribution is -2.37. The summed E-state index contributed by atoms with van der Waals surface area (Å²) in [5.41, 5.74) is 2.56. The van der Waals surface area contributed by atoms with E-state index in [1.807, 2.05) is 24.3 Å². The van der Waals surface area contributed by atoms with Crippen LogP contribution in [-0.2, 0) is 6.42 Å². The third-order valence-corrected chi connectivity index (χ3v) is 3.50. The van der Waals surface area contributed by atoms with Crippen LogP contribution < -0.4 is 4.90 Å². The first-order valence-corrected chi connectivity index (χ1v) is 6.40. The van der Waals surface area contributed by atoms with E-state index in [4.69, 9.17) is 5.11 Å². The molecule has 0 unspecified atom stereocenters. The van der Waals surface area contributed by atoms with Crippen molar-refractivity contribution in [2.45, 2.75) is 6.42 Å². The molecule has 100 valence electrons. The van der Waals surface area contributed by atoms with Crippen molar-refractivity contribution in [2.75, 3.05) is 11.4 Å². The Morgan fingerprint density at radius 2 is 1.90 bits per heavy atom. The van der Waals surface area contributed by atoms with Gasteiger partial charge in [-0.15, -0.1) is 0 Å². The molecule has 0 radical (unpaired) electrons. The third kappa shape index (κ3) is 2.05. The molecule has 3 rings (SSSR count). The molecule has 1 amide bonds. The van der Waals surface area contributed by atoms with E-state index in [1.54, 1.807) is 17.0 Å². The van der Waals surface area contributed by atoms with Gasteiger partial charge in [0, 0.05) is 17.8 Å². The van der Waals surface area contributed by atoms with Crippen LogP contribution in [0.1, 0.15) is 26.3 Å². The fraction of sp³-hybridized carbons (Fsp3) is 0.125. The minimum Gasteiger partial charge on any atom is -0.478 e. The Balaban J connectivity index is 1.99. The number of carbonyl (C=O) groups excluding carboxylic acids is 1. The lowest BCUT2D eigenvalue weighted by Gasteiger charge is -2.28. The maximum Gasteiger partial charge on any atom is 0.335 e. The van der Waals surface area contributed by atoms with E-state index < -0.39 is 5.97 Å². The lowest BCUT2D eigenvalue weighted by atomic mass is 9.98. The Morgan fingerprint density at radius 3 is 2.70 bits per heavy atom. The normalized spacial score (nSPS) is 14.0. The number of carboxylic acid groups (broad SMARTS) is 1. The molecule has 0 saturated heterocycles. The average molecular weight is 267 g/mol. The summed E-state index contributed by atoms with van der Waals surface area (Å²) in [5.74, 6) is -1.06. The van der Waals surface area contributed by atoms with Crippen LogP contribution in [0, 0.1) is 0 Å². The van der Waals surface area contributed by atoms with Gasteiger partial charge in [-0.3, -0.25) is 4.79 Å². The first-order valence-electron chi connectivity index (χ1n) is 6.40. The number of anilines is 1. The molecule has 0 bridgehead atoms. The van der Waals surface area contributed by atoms with Gasteiger partial charge in [0.05, 0.1) is 5.56 Å². The molecule has 2 aromatic rings. The maximum absolute atomic E-state index is 12.5. The van der Waals surface area contributed by atoms with Crippen molar-refractivity contribution < 1.29 is 14.7 Å². The Kier molecular flexibility index (Phi) is 2.99. The number of hydrogen-bond acceptors (Lipinski definition) is 2. The van der Waals surface area contributed by atoms with Gasteiger partial charge in [0.1, 0.15) is 0 Å². The van der Waals surface area contributed by atoms with Gasteiger partial charge in [-0.2, -0.15) is 0 Å². The molecule has 0 aliphatic carbocycles. The Morgan fingerprint density at radius 1 is 1.10 bits per heavy atom. The van der Waals surface area contributed by atoms with Crippen LogP contribution in [0.25, 0.3) is 0 Å². The Hall–Kier alpha value is -2.62. The van der Waals surface area contributed by atoms with Crippen molar-refractivity contribution in [3.8, 4) is 0 Å². The zero-order valence-electron chi connectivity index (χ0n) is 10.7. The molecule has 2 aromatic carbocycles. The van der Waals surface area contributed by atoms with E-state index in [1.165, 1.54) is 12.1 Å². The molecule has 1 aliphatic rings. The minimum atomic E-state index is -0.989. The van der Waals surface area contributed by atoms with Crippen molar-refractivity contribution in [2.24, 2.45) is 0 Å². The molecule has 0 aromatic heterocycles. The van der Waals surface area contributed by atoms with E-state index in [9.17, 15) is 9.59 Å². The fourth-order valence-corrected chi connectivity index (χ4v) is 2.48. The predicted octanol–water partition coefficient (Wildman–Crippen LogP) is 2.59. The third-order valence-electron chi connectivity index (χ3n) is 3.50. The largest absolute Gasteiger partial charge is 0.478 e. The van der Waals surface area contributed by atoms with Crippen molar-refractivity contribution in [1.29, 1.82) is 0 Å². The van der Waals surface area contributed by atoms with E-state index in [2.05, 4.69) is 0 Å². The zero-order chi connectivity index (χ0) is 14.1. The number of carboxylic acids is 1. The number of fused-ring (bicyclic) bond motifs is 1. The quantitative estimate of drug-likeness (QED) is 0.909. The lowest BCUT2D eigenvalue weighted by molar-refractivity contribution is 0.0696. The molecular weight excluding hydrogens is 254 g/mol. The number of benzene rings is 2. The Labute approximate surface area is 116 Å². The topological polar surface area (TPSA) is 57.6 Å². The highest BCUT2D eigenvalue weighted by atomic mass is 16.4. The molecule has 1 N–H and O–H groups in total. The van der Waals surface area contributed by atoms with Crippen LogP contribution in [-0.4, -0.2) is 23.5 Å². The maximum atomic E-state index is 12.5. The van der Waals surface area contributed by atoms with Crippen molar-refractivity contribution in [3.05, 3.63) is 65.2 Å². The molecular formula is C16H13NO3. The second-order valence-electron chi connectivity index (χ2n) is 4.72. The van der Waals surface area contributed by atoms with E-state index in [-0.39, 0.29) is 11.5 Å². The summed E-state index contributed by atoms with van der Waals surface area (Å²) in [6, 6.07) is 14.0. The Bertz CT molecular complexity index is 694. The van der Waals surface area contributed by atoms with Gasteiger partial charge in [0.25, 0.3) is 5.91 Å². The molecule has 1 heterocycles. The van der Waals surface area contributed by atoms with Crippen LogP contribution in [0.15, 0.2) is 48.5 Å². The number of hydrogen-bond donors (Lipinski definition) is 1. The monoisotopic (exact) mass is 267 g/mol. The number of carbonyl (C=O) groups is 2. The zero-order valence-corrected chi connectivity index (χ0v) is 10.7. The van der Waals surface area contributed by atoms with E-state index in [0.29, 0.717) is 17.8 Å². The molecule has 20 heavy (non-hydrogen) atoms. The van der Waals surface area contributed by atoms with Crippen LogP contribution in [0.4, 0.5) is 5.69 Å². The van der Waals surface area contributed by atoms with Crippen molar-refractivity contribution >= 4 is 17.6 Å². The molecule has 0 saturated carbocycles. The molecule has 4 heteroatoms. The van der Waals surface area contributed by atoms with Crippen LogP contribution in [0.3, 0.4) is 0 Å². The highest BCUT2D eigenvalue weighted by Crippen LogP contribution is 2.25. The molecule has 0 atom stereocenters. The first kappa shape index (κ1) is 12.4. The fourth-order valence-electron chi connectivity index (χ4n) is 2.48. The standard InChI is InChI=1S/C16H13NO3/c18-15-14-7-2-1-4-11(14)8-9-17(15)13-6-3-5-12(10-13)16(19)20/h1-7,10H,8-9H2,(H,19,20). The van der Waals surface area contributed by atoms with Crippen molar-refractivity contribution in [1.82, 2.24) is 0 Å². The molecule has 4 nitrogen and oxygen atoms in total. The molecule has 1 aliphatic heterocycles. The summed E-state index contributed by atoms with van der Waals surface area (Å²) in [6.45, 7) is 0.568. The van der Waals surface area contributed by atoms with Gasteiger partial charge in [0.2, 0.25) is 0 Å². The summed E-state index contributed by atoms with van der Waals surface area (Å²) >= 11 is 0. The number of nitrogens with zero attached hydrogens (tertiary/aromatic N) is 1. The van der Waals surface area contributed by atoms with Gasteiger partial charge >= 0.3 is 5.97 Å². The van der Waals surface area contributed by atoms with Gasteiger partial charge in [-0.1, -0.05) is 24.3 Å². The average Bonchev–Trinajstić information content (AvgIpc) is 2.48. The highest BCUT2D eigenvalue weighted by Gasteiger charge is 2.25. The van der Waals surface area contributed by atoms with Crippen LogP contribution in [0.2, 0.25) is 0 Å². The minimum absolute atomic E-state index is 0.0746.